The van der Waals surface area contributed by atoms with Crippen LogP contribution in [0.1, 0.15) is 11.4 Å². The summed E-state index contributed by atoms with van der Waals surface area (Å²) in [4.78, 5) is 0. The highest BCUT2D eigenvalue weighted by Crippen LogP contribution is 2.23. The van der Waals surface area contributed by atoms with Gasteiger partial charge in [-0.25, -0.2) is 0 Å². The third kappa shape index (κ3) is 3.15. The molecule has 0 aliphatic carbocycles. The van der Waals surface area contributed by atoms with Crippen LogP contribution in [-0.2, 0) is 12.3 Å². The van der Waals surface area contributed by atoms with Crippen LogP contribution in [0.5, 0.6) is 0 Å². The minimum Gasteiger partial charge on any atom is -0.302 e. The Morgan fingerprint density at radius 2 is 2.28 bits per heavy atom. The second-order valence-corrected chi connectivity index (χ2v) is 5.23. The van der Waals surface area contributed by atoms with Gasteiger partial charge in [-0.1, -0.05) is 41.6 Å². The van der Waals surface area contributed by atoms with Gasteiger partial charge in [-0.05, 0) is 24.6 Å². The molecule has 0 bridgehead atoms. The van der Waals surface area contributed by atoms with Gasteiger partial charge in [-0.15, -0.1) is 16.8 Å². The van der Waals surface area contributed by atoms with Gasteiger partial charge in [0, 0.05) is 17.3 Å². The first-order valence-electron chi connectivity index (χ1n) is 5.58. The average Bonchev–Trinajstić information content (AvgIpc) is 2.69. The van der Waals surface area contributed by atoms with Crippen LogP contribution in [0.15, 0.2) is 42.1 Å². The van der Waals surface area contributed by atoms with Crippen LogP contribution < -0.4 is 0 Å². The molecule has 0 aliphatic rings. The van der Waals surface area contributed by atoms with Crippen molar-refractivity contribution in [1.29, 1.82) is 0 Å². The third-order valence-electron chi connectivity index (χ3n) is 2.47. The van der Waals surface area contributed by atoms with Crippen molar-refractivity contribution in [2.45, 2.75) is 24.4 Å². The molecular weight excluding hydrogens is 266 g/mol. The second-order valence-electron chi connectivity index (χ2n) is 3.85. The molecule has 0 amide bonds. The minimum atomic E-state index is 0.733. The Hall–Kier alpha value is -1.26. The molecular formula is C13H14ClN3S. The van der Waals surface area contributed by atoms with Gasteiger partial charge >= 0.3 is 0 Å². The fraction of sp³-hybridized carbons (Fsp3) is 0.231. The van der Waals surface area contributed by atoms with Crippen molar-refractivity contribution in [3.8, 4) is 0 Å². The lowest BCUT2D eigenvalue weighted by atomic mass is 10.2. The van der Waals surface area contributed by atoms with Crippen molar-refractivity contribution in [3.63, 3.8) is 0 Å². The Morgan fingerprint density at radius 1 is 1.44 bits per heavy atom. The van der Waals surface area contributed by atoms with Gasteiger partial charge in [0.05, 0.1) is 0 Å². The van der Waals surface area contributed by atoms with Gasteiger partial charge in [0.2, 0.25) is 0 Å². The summed E-state index contributed by atoms with van der Waals surface area (Å²) in [6.07, 6.45) is 1.85. The number of allylic oxidation sites excluding steroid dienone is 1. The summed E-state index contributed by atoms with van der Waals surface area (Å²) in [7, 11) is 0. The summed E-state index contributed by atoms with van der Waals surface area (Å²) in [6.45, 7) is 6.42. The monoisotopic (exact) mass is 279 g/mol. The Bertz CT molecular complexity index is 551. The zero-order valence-electron chi connectivity index (χ0n) is 10.1. The summed E-state index contributed by atoms with van der Waals surface area (Å²) >= 11 is 7.61. The van der Waals surface area contributed by atoms with Crippen molar-refractivity contribution >= 4 is 23.4 Å². The molecule has 0 fully saturated rings. The van der Waals surface area contributed by atoms with Crippen LogP contribution in [0, 0.1) is 6.92 Å². The van der Waals surface area contributed by atoms with Crippen LogP contribution in [0.25, 0.3) is 0 Å². The van der Waals surface area contributed by atoms with Gasteiger partial charge < -0.3 is 4.57 Å². The van der Waals surface area contributed by atoms with E-state index in [0.717, 1.165) is 28.3 Å². The molecule has 0 aliphatic heterocycles. The Kier molecular flexibility index (Phi) is 4.44. The summed E-state index contributed by atoms with van der Waals surface area (Å²) in [5.41, 5.74) is 1.18. The van der Waals surface area contributed by atoms with Crippen molar-refractivity contribution in [2.75, 3.05) is 0 Å². The topological polar surface area (TPSA) is 30.7 Å². The molecule has 1 aromatic heterocycles. The van der Waals surface area contributed by atoms with Crippen LogP contribution >= 0.6 is 23.4 Å². The number of aromatic nitrogens is 3. The molecule has 1 aromatic carbocycles. The molecule has 18 heavy (non-hydrogen) atoms. The van der Waals surface area contributed by atoms with Crippen molar-refractivity contribution in [2.24, 2.45) is 0 Å². The maximum absolute atomic E-state index is 5.96. The lowest BCUT2D eigenvalue weighted by Crippen LogP contribution is -2.00. The number of nitrogens with zero attached hydrogens (tertiary/aromatic N) is 3. The van der Waals surface area contributed by atoms with E-state index in [9.17, 15) is 0 Å². The van der Waals surface area contributed by atoms with Crippen LogP contribution in [0.2, 0.25) is 5.02 Å². The molecule has 0 saturated heterocycles. The van der Waals surface area contributed by atoms with Gasteiger partial charge in [0.1, 0.15) is 5.82 Å². The maximum atomic E-state index is 5.96. The first kappa shape index (κ1) is 13.2. The number of rotatable bonds is 5. The SMILES string of the molecule is C=CCn1c(C)nnc1SCc1cccc(Cl)c1. The smallest absolute Gasteiger partial charge is 0.191 e. The highest BCUT2D eigenvalue weighted by Gasteiger charge is 2.08. The molecule has 0 radical (unpaired) electrons. The fourth-order valence-corrected chi connectivity index (χ4v) is 2.73. The Balaban J connectivity index is 2.08. The summed E-state index contributed by atoms with van der Waals surface area (Å²) in [6, 6.07) is 7.85. The van der Waals surface area contributed by atoms with Gasteiger partial charge in [0.25, 0.3) is 0 Å². The van der Waals surface area contributed by atoms with Crippen molar-refractivity contribution < 1.29 is 0 Å². The Morgan fingerprint density at radius 3 is 3.00 bits per heavy atom. The zero-order chi connectivity index (χ0) is 13.0. The van der Waals surface area contributed by atoms with Gasteiger partial charge in [-0.3, -0.25) is 0 Å². The number of hydrogen-bond acceptors (Lipinski definition) is 3. The van der Waals surface area contributed by atoms with Crippen LogP contribution in [0.4, 0.5) is 0 Å². The minimum absolute atomic E-state index is 0.733. The van der Waals surface area contributed by atoms with Crippen LogP contribution in [-0.4, -0.2) is 14.8 Å². The first-order valence-corrected chi connectivity index (χ1v) is 6.95. The van der Waals surface area contributed by atoms with Crippen LogP contribution in [0.3, 0.4) is 0 Å². The van der Waals surface area contributed by atoms with E-state index in [0.29, 0.717) is 0 Å². The summed E-state index contributed by atoms with van der Waals surface area (Å²) in [5.74, 6) is 1.74. The number of aryl methyl sites for hydroxylation is 1. The average molecular weight is 280 g/mol. The lowest BCUT2D eigenvalue weighted by molar-refractivity contribution is 0.703. The van der Waals surface area contributed by atoms with E-state index in [4.69, 9.17) is 11.6 Å². The molecule has 0 saturated carbocycles. The lowest BCUT2D eigenvalue weighted by Gasteiger charge is -2.05. The van der Waals surface area contributed by atoms with E-state index < -0.39 is 0 Å². The normalized spacial score (nSPS) is 10.6. The maximum Gasteiger partial charge on any atom is 0.191 e. The second kappa shape index (κ2) is 6.07. The van der Waals surface area contributed by atoms with Crippen molar-refractivity contribution in [3.05, 3.63) is 53.3 Å². The van der Waals surface area contributed by atoms with E-state index in [-0.39, 0.29) is 0 Å². The number of benzene rings is 1. The molecule has 0 spiro atoms. The molecule has 2 rings (SSSR count). The predicted molar refractivity (Wildman–Crippen MR) is 76.0 cm³/mol. The number of halogens is 1. The molecule has 0 unspecified atom stereocenters. The van der Waals surface area contributed by atoms with Gasteiger partial charge in [-0.2, -0.15) is 0 Å². The van der Waals surface area contributed by atoms with Crippen molar-refractivity contribution in [1.82, 2.24) is 14.8 Å². The number of thioether (sulfide) groups is 1. The van der Waals surface area contributed by atoms with E-state index in [1.165, 1.54) is 5.56 Å². The van der Waals surface area contributed by atoms with E-state index in [1.807, 2.05) is 35.8 Å². The quantitative estimate of drug-likeness (QED) is 0.617. The first-order chi connectivity index (χ1) is 8.70. The molecule has 2 aromatic rings. The van der Waals surface area contributed by atoms with E-state index >= 15 is 0 Å². The fourth-order valence-electron chi connectivity index (χ4n) is 1.58. The van der Waals surface area contributed by atoms with E-state index in [1.54, 1.807) is 11.8 Å². The summed E-state index contributed by atoms with van der Waals surface area (Å²) in [5, 5.41) is 9.92. The predicted octanol–water partition coefficient (Wildman–Crippen LogP) is 3.72. The zero-order valence-corrected chi connectivity index (χ0v) is 11.7. The highest BCUT2D eigenvalue weighted by molar-refractivity contribution is 7.98. The molecule has 94 valence electrons. The molecule has 5 heteroatoms. The molecule has 0 N–H and O–H groups in total. The Labute approximate surface area is 116 Å². The summed E-state index contributed by atoms with van der Waals surface area (Å²) < 4.78 is 2.04. The number of hydrogen-bond donors (Lipinski definition) is 0. The molecule has 1 heterocycles. The highest BCUT2D eigenvalue weighted by atomic mass is 35.5. The standard InChI is InChI=1S/C13H14ClN3S/c1-3-7-17-10(2)15-16-13(17)18-9-11-5-4-6-12(14)8-11/h3-6,8H,1,7,9H2,2H3. The largest absolute Gasteiger partial charge is 0.302 e. The molecule has 0 atom stereocenters. The van der Waals surface area contributed by atoms with E-state index in [2.05, 4.69) is 22.8 Å². The third-order valence-corrected chi connectivity index (χ3v) is 3.74. The van der Waals surface area contributed by atoms with Gasteiger partial charge in [0.15, 0.2) is 5.16 Å². The molecule has 3 nitrogen and oxygen atoms in total.